The first kappa shape index (κ1) is 15.5. The van der Waals surface area contributed by atoms with Crippen LogP contribution in [0.5, 0.6) is 5.75 Å². The summed E-state index contributed by atoms with van der Waals surface area (Å²) in [4.78, 5) is 11.8. The van der Waals surface area contributed by atoms with E-state index in [2.05, 4.69) is 5.32 Å². The molecule has 0 aliphatic rings. The van der Waals surface area contributed by atoms with Crippen LogP contribution < -0.4 is 15.8 Å². The summed E-state index contributed by atoms with van der Waals surface area (Å²) in [7, 11) is 0. The molecule has 106 valence electrons. The van der Waals surface area contributed by atoms with Crippen molar-refractivity contribution in [3.8, 4) is 5.75 Å². The van der Waals surface area contributed by atoms with Gasteiger partial charge in [0.25, 0.3) is 0 Å². The average Bonchev–Trinajstić information content (AvgIpc) is 2.36. The van der Waals surface area contributed by atoms with Gasteiger partial charge in [-0.15, -0.1) is 0 Å². The van der Waals surface area contributed by atoms with Gasteiger partial charge in [-0.05, 0) is 45.4 Å². The van der Waals surface area contributed by atoms with Gasteiger partial charge < -0.3 is 15.8 Å². The molecule has 0 unspecified atom stereocenters. The van der Waals surface area contributed by atoms with E-state index in [0.717, 1.165) is 24.9 Å². The number of hydrogen-bond acceptors (Lipinski definition) is 3. The average molecular weight is 264 g/mol. The second-order valence-corrected chi connectivity index (χ2v) is 4.81. The molecule has 0 bridgehead atoms. The molecular formula is C15H24N2O2. The monoisotopic (exact) mass is 264 g/mol. The zero-order valence-corrected chi connectivity index (χ0v) is 11.8. The standard InChI is InChI=1S/C15H24N2O2/c1-12(2)19-14-9-6-5-8-13(14)17-15(18)10-4-3-7-11-16/h5-6,8-9,12H,3-4,7,10-11,16H2,1-2H3,(H,17,18). The van der Waals surface area contributed by atoms with E-state index >= 15 is 0 Å². The molecule has 1 amide bonds. The maximum Gasteiger partial charge on any atom is 0.224 e. The largest absolute Gasteiger partial charge is 0.489 e. The molecule has 0 spiro atoms. The molecule has 0 saturated heterocycles. The van der Waals surface area contributed by atoms with Crippen LogP contribution in [0.4, 0.5) is 5.69 Å². The fraction of sp³-hybridized carbons (Fsp3) is 0.533. The Balaban J connectivity index is 2.49. The topological polar surface area (TPSA) is 64.3 Å². The number of rotatable bonds is 8. The van der Waals surface area contributed by atoms with Gasteiger partial charge in [-0.1, -0.05) is 18.6 Å². The number of benzene rings is 1. The van der Waals surface area contributed by atoms with Gasteiger partial charge in [-0.25, -0.2) is 0 Å². The molecule has 3 N–H and O–H groups in total. The number of anilines is 1. The van der Waals surface area contributed by atoms with Gasteiger partial charge in [-0.3, -0.25) is 4.79 Å². The van der Waals surface area contributed by atoms with Crippen LogP contribution in [-0.4, -0.2) is 18.6 Å². The summed E-state index contributed by atoms with van der Waals surface area (Å²) in [6, 6.07) is 7.51. The molecule has 0 atom stereocenters. The first-order valence-corrected chi connectivity index (χ1v) is 6.89. The summed E-state index contributed by atoms with van der Waals surface area (Å²) in [5.74, 6) is 0.740. The predicted molar refractivity (Wildman–Crippen MR) is 78.4 cm³/mol. The van der Waals surface area contributed by atoms with Crippen LogP contribution in [0.2, 0.25) is 0 Å². The number of nitrogens with one attached hydrogen (secondary N) is 1. The Morgan fingerprint density at radius 3 is 2.68 bits per heavy atom. The first-order valence-electron chi connectivity index (χ1n) is 6.89. The molecule has 19 heavy (non-hydrogen) atoms. The molecule has 0 saturated carbocycles. The van der Waals surface area contributed by atoms with Crippen LogP contribution in [0.3, 0.4) is 0 Å². The number of unbranched alkanes of at least 4 members (excludes halogenated alkanes) is 2. The van der Waals surface area contributed by atoms with E-state index in [-0.39, 0.29) is 12.0 Å². The lowest BCUT2D eigenvalue weighted by atomic mass is 10.2. The summed E-state index contributed by atoms with van der Waals surface area (Å²) in [5, 5.41) is 2.90. The summed E-state index contributed by atoms with van der Waals surface area (Å²) in [5.41, 5.74) is 6.15. The van der Waals surface area contributed by atoms with Gasteiger partial charge in [0.2, 0.25) is 5.91 Å². The second-order valence-electron chi connectivity index (χ2n) is 4.81. The van der Waals surface area contributed by atoms with Crippen LogP contribution in [-0.2, 0) is 4.79 Å². The zero-order valence-electron chi connectivity index (χ0n) is 11.8. The molecule has 0 aliphatic heterocycles. The van der Waals surface area contributed by atoms with Crippen molar-refractivity contribution in [3.05, 3.63) is 24.3 Å². The van der Waals surface area contributed by atoms with E-state index in [1.807, 2.05) is 38.1 Å². The number of ether oxygens (including phenoxy) is 1. The number of hydrogen-bond donors (Lipinski definition) is 2. The van der Waals surface area contributed by atoms with Crippen LogP contribution in [0.15, 0.2) is 24.3 Å². The van der Waals surface area contributed by atoms with Gasteiger partial charge in [0.15, 0.2) is 0 Å². The molecule has 0 aliphatic carbocycles. The molecule has 4 heteroatoms. The SMILES string of the molecule is CC(C)Oc1ccccc1NC(=O)CCCCCN. The zero-order chi connectivity index (χ0) is 14.1. The van der Waals surface area contributed by atoms with E-state index in [4.69, 9.17) is 10.5 Å². The third-order valence-corrected chi connectivity index (χ3v) is 2.63. The van der Waals surface area contributed by atoms with Crippen molar-refractivity contribution in [2.45, 2.75) is 45.6 Å². The van der Waals surface area contributed by atoms with E-state index < -0.39 is 0 Å². The van der Waals surface area contributed by atoms with Gasteiger partial charge in [0.05, 0.1) is 11.8 Å². The van der Waals surface area contributed by atoms with E-state index in [1.165, 1.54) is 0 Å². The fourth-order valence-corrected chi connectivity index (χ4v) is 1.75. The molecule has 4 nitrogen and oxygen atoms in total. The molecule has 0 fully saturated rings. The smallest absolute Gasteiger partial charge is 0.224 e. The van der Waals surface area contributed by atoms with E-state index in [1.54, 1.807) is 0 Å². The number of para-hydroxylation sites is 2. The highest BCUT2D eigenvalue weighted by Crippen LogP contribution is 2.25. The van der Waals surface area contributed by atoms with Crippen molar-refractivity contribution in [1.82, 2.24) is 0 Å². The van der Waals surface area contributed by atoms with Gasteiger partial charge in [0.1, 0.15) is 5.75 Å². The molecule has 0 aromatic heterocycles. The Morgan fingerprint density at radius 2 is 2.00 bits per heavy atom. The predicted octanol–water partition coefficient (Wildman–Crippen LogP) is 2.93. The van der Waals surface area contributed by atoms with E-state index in [9.17, 15) is 4.79 Å². The summed E-state index contributed by atoms with van der Waals surface area (Å²) >= 11 is 0. The highest BCUT2D eigenvalue weighted by Gasteiger charge is 2.08. The Labute approximate surface area is 115 Å². The van der Waals surface area contributed by atoms with Gasteiger partial charge >= 0.3 is 0 Å². The van der Waals surface area contributed by atoms with Crippen molar-refractivity contribution in [1.29, 1.82) is 0 Å². The van der Waals surface area contributed by atoms with Crippen molar-refractivity contribution in [2.75, 3.05) is 11.9 Å². The van der Waals surface area contributed by atoms with Gasteiger partial charge in [0, 0.05) is 6.42 Å². The van der Waals surface area contributed by atoms with Crippen molar-refractivity contribution >= 4 is 11.6 Å². The molecular weight excluding hydrogens is 240 g/mol. The third-order valence-electron chi connectivity index (χ3n) is 2.63. The van der Waals surface area contributed by atoms with Crippen LogP contribution in [0.1, 0.15) is 39.5 Å². The minimum atomic E-state index is 0.0248. The minimum Gasteiger partial charge on any atom is -0.489 e. The number of carbonyl (C=O) groups excluding carboxylic acids is 1. The maximum atomic E-state index is 11.8. The summed E-state index contributed by atoms with van der Waals surface area (Å²) in [6.45, 7) is 4.61. The third kappa shape index (κ3) is 6.25. The Morgan fingerprint density at radius 1 is 1.26 bits per heavy atom. The van der Waals surface area contributed by atoms with E-state index in [0.29, 0.717) is 18.7 Å². The Kier molecular flexibility index (Phi) is 6.97. The Bertz CT molecular complexity index is 391. The lowest BCUT2D eigenvalue weighted by Crippen LogP contribution is -2.14. The molecule has 1 aromatic rings. The van der Waals surface area contributed by atoms with Crippen molar-refractivity contribution < 1.29 is 9.53 Å². The highest BCUT2D eigenvalue weighted by atomic mass is 16.5. The van der Waals surface area contributed by atoms with Crippen molar-refractivity contribution in [3.63, 3.8) is 0 Å². The summed E-state index contributed by atoms with van der Waals surface area (Å²) < 4.78 is 5.66. The Hall–Kier alpha value is -1.55. The normalized spacial score (nSPS) is 10.5. The quantitative estimate of drug-likeness (QED) is 0.709. The maximum absolute atomic E-state index is 11.8. The number of amides is 1. The number of nitrogens with two attached hydrogens (primary N) is 1. The lowest BCUT2D eigenvalue weighted by Gasteiger charge is -2.14. The molecule has 0 radical (unpaired) electrons. The minimum absolute atomic E-state index is 0.0248. The number of carbonyl (C=O) groups is 1. The fourth-order valence-electron chi connectivity index (χ4n) is 1.75. The van der Waals surface area contributed by atoms with Gasteiger partial charge in [-0.2, -0.15) is 0 Å². The lowest BCUT2D eigenvalue weighted by molar-refractivity contribution is -0.116. The van der Waals surface area contributed by atoms with Crippen LogP contribution >= 0.6 is 0 Å². The van der Waals surface area contributed by atoms with Crippen molar-refractivity contribution in [2.24, 2.45) is 5.73 Å². The highest BCUT2D eigenvalue weighted by molar-refractivity contribution is 5.92. The molecule has 0 heterocycles. The first-order chi connectivity index (χ1) is 9.13. The van der Waals surface area contributed by atoms with Crippen LogP contribution in [0, 0.1) is 0 Å². The molecule has 1 aromatic carbocycles. The molecule has 1 rings (SSSR count). The second kappa shape index (κ2) is 8.53. The summed E-state index contributed by atoms with van der Waals surface area (Å²) in [6.07, 6.45) is 3.45. The van der Waals surface area contributed by atoms with Crippen LogP contribution in [0.25, 0.3) is 0 Å².